The summed E-state index contributed by atoms with van der Waals surface area (Å²) in [6.07, 6.45) is 7.73. The Bertz CT molecular complexity index is 3420. The molecule has 0 aromatic heterocycles. The molecule has 4 aromatic carbocycles. The fourth-order valence-electron chi connectivity index (χ4n) is 15.4. The molecule has 3 aliphatic rings. The van der Waals surface area contributed by atoms with Gasteiger partial charge in [-0.05, 0) is 329 Å². The number of allylic oxidation sites excluding steroid dienone is 15. The minimum Gasteiger partial charge on any atom is -0.0952 e. The van der Waals surface area contributed by atoms with Crippen molar-refractivity contribution in [1.29, 1.82) is 0 Å². The van der Waals surface area contributed by atoms with E-state index in [0.717, 1.165) is 19.3 Å². The average Bonchev–Trinajstić information content (AvgIpc) is 0.848. The van der Waals surface area contributed by atoms with Crippen LogP contribution in [0.3, 0.4) is 0 Å². The van der Waals surface area contributed by atoms with E-state index in [9.17, 15) is 0 Å². The van der Waals surface area contributed by atoms with Gasteiger partial charge in [0, 0.05) is 0 Å². The van der Waals surface area contributed by atoms with Crippen molar-refractivity contribution in [3.8, 4) is 0 Å². The third-order valence-electron chi connectivity index (χ3n) is 18.9. The monoisotopic (exact) mass is 1260 g/mol. The Balaban J connectivity index is 0.000000543. The zero-order valence-electron chi connectivity index (χ0n) is 68.9. The van der Waals surface area contributed by atoms with Gasteiger partial charge in [-0.1, -0.05) is 253 Å². The molecule has 0 saturated carbocycles. The van der Waals surface area contributed by atoms with E-state index in [4.69, 9.17) is 0 Å². The first-order chi connectivity index (χ1) is 41.6. The molecule has 0 radical (unpaired) electrons. The molecule has 7 rings (SSSR count). The van der Waals surface area contributed by atoms with Crippen molar-refractivity contribution in [2.24, 2.45) is 16.2 Å². The van der Waals surface area contributed by atoms with Gasteiger partial charge < -0.3 is 0 Å². The Morgan fingerprint density at radius 3 is 0.978 bits per heavy atom. The molecule has 0 amide bonds. The van der Waals surface area contributed by atoms with Gasteiger partial charge in [0.2, 0.25) is 0 Å². The molecule has 0 aliphatic heterocycles. The molecule has 0 nitrogen and oxygen atoms in total. The van der Waals surface area contributed by atoms with Crippen molar-refractivity contribution in [3.05, 3.63) is 241 Å². The van der Waals surface area contributed by atoms with Crippen molar-refractivity contribution < 1.29 is 0 Å². The summed E-state index contributed by atoms with van der Waals surface area (Å²) in [5, 5.41) is 0. The van der Waals surface area contributed by atoms with Crippen LogP contribution in [-0.4, -0.2) is 0 Å². The van der Waals surface area contributed by atoms with E-state index in [0.29, 0.717) is 0 Å². The maximum atomic E-state index is 4.21. The highest BCUT2D eigenvalue weighted by molar-refractivity contribution is 5.53. The molecular formula is C93H144. The number of rotatable bonds is 0. The third-order valence-corrected chi connectivity index (χ3v) is 18.9. The average molecular weight is 1260 g/mol. The van der Waals surface area contributed by atoms with Crippen molar-refractivity contribution in [1.82, 2.24) is 0 Å². The molecule has 93 heavy (non-hydrogen) atoms. The van der Waals surface area contributed by atoms with Crippen molar-refractivity contribution >= 4 is 0 Å². The number of hydrogen-bond acceptors (Lipinski definition) is 0. The fourth-order valence-corrected chi connectivity index (χ4v) is 15.4. The predicted molar refractivity (Wildman–Crippen MR) is 426 cm³/mol. The lowest BCUT2D eigenvalue weighted by Crippen LogP contribution is -2.17. The number of aryl methyl sites for hydroxylation is 11. The Morgan fingerprint density at radius 2 is 0.624 bits per heavy atom. The Morgan fingerprint density at radius 1 is 0.269 bits per heavy atom. The van der Waals surface area contributed by atoms with E-state index in [1.54, 1.807) is 0 Å². The summed E-state index contributed by atoms with van der Waals surface area (Å²) in [6.45, 7) is 104. The summed E-state index contributed by atoms with van der Waals surface area (Å²) >= 11 is 0. The largest absolute Gasteiger partial charge is 0.0952 e. The van der Waals surface area contributed by atoms with Gasteiger partial charge in [0.05, 0.1) is 0 Å². The zero-order valence-corrected chi connectivity index (χ0v) is 68.9. The highest BCUT2D eigenvalue weighted by Crippen LogP contribution is 2.43. The minimum absolute atomic E-state index is 0.225. The summed E-state index contributed by atoms with van der Waals surface area (Å²) in [7, 11) is 0. The summed E-state index contributed by atoms with van der Waals surface area (Å²) < 4.78 is 0. The van der Waals surface area contributed by atoms with Crippen LogP contribution in [0.2, 0.25) is 0 Å². The molecule has 3 aliphatic carbocycles. The molecule has 0 heterocycles. The van der Waals surface area contributed by atoms with Crippen LogP contribution in [0.1, 0.15) is 308 Å². The Labute approximate surface area is 579 Å². The Hall–Kier alpha value is -5.46. The van der Waals surface area contributed by atoms with E-state index in [1.807, 2.05) is 0 Å². The van der Waals surface area contributed by atoms with E-state index < -0.39 is 0 Å². The molecule has 0 unspecified atom stereocenters. The SMILES string of the molecule is C=C1CC(C)=C(C)C(C)=C1C(C)(C)C.C=C1CC(C)=C(C)C=C1C(C)(C)C.C=C1CC(C)=CC(C)=C1C(C)(C)C.Cc1cc(C)c(C(C)(C)C)c(C)c1.Cc1cc(C)c(C(C)(C)C)c(C)c1.Cc1cc(C)c(C(C)(C)C)c(C)c1C.Cc1cc(C)c(C(C)(C)C)cc1C. The summed E-state index contributed by atoms with van der Waals surface area (Å²) in [5.74, 6) is 0. The van der Waals surface area contributed by atoms with Crippen LogP contribution >= 0.6 is 0 Å². The molecule has 0 bridgehead atoms. The molecule has 0 heteroatoms. The molecule has 0 atom stereocenters. The van der Waals surface area contributed by atoms with Gasteiger partial charge in [0.25, 0.3) is 0 Å². The second-order valence-corrected chi connectivity index (χ2v) is 36.0. The van der Waals surface area contributed by atoms with Gasteiger partial charge in [-0.2, -0.15) is 0 Å². The normalized spacial score (nSPS) is 15.0. The van der Waals surface area contributed by atoms with Crippen molar-refractivity contribution in [2.45, 2.75) is 325 Å². The second-order valence-electron chi connectivity index (χ2n) is 36.0. The number of benzene rings is 4. The van der Waals surface area contributed by atoms with E-state index in [1.165, 1.54) is 167 Å². The molecule has 0 saturated heterocycles. The van der Waals surface area contributed by atoms with Gasteiger partial charge in [0.1, 0.15) is 0 Å². The van der Waals surface area contributed by atoms with Crippen LogP contribution in [0.25, 0.3) is 0 Å². The summed E-state index contributed by atoms with van der Waals surface area (Å²) in [5.41, 5.74) is 44.4. The fraction of sp³-hybridized carbons (Fsp3) is 0.548. The number of hydrogen-bond donors (Lipinski definition) is 0. The molecule has 4 aromatic rings. The van der Waals surface area contributed by atoms with Crippen LogP contribution in [0.5, 0.6) is 0 Å². The van der Waals surface area contributed by atoms with Crippen LogP contribution in [0.15, 0.2) is 147 Å². The molecular weight excluding hydrogens is 1120 g/mol. The van der Waals surface area contributed by atoms with Gasteiger partial charge >= 0.3 is 0 Å². The van der Waals surface area contributed by atoms with E-state index in [-0.39, 0.29) is 37.9 Å². The van der Waals surface area contributed by atoms with Crippen LogP contribution < -0.4 is 0 Å². The highest BCUT2D eigenvalue weighted by atomic mass is 14.3. The molecule has 516 valence electrons. The van der Waals surface area contributed by atoms with Gasteiger partial charge in [0.15, 0.2) is 0 Å². The highest BCUT2D eigenvalue weighted by Gasteiger charge is 2.28. The topological polar surface area (TPSA) is 0 Å². The minimum atomic E-state index is 0.225. The third kappa shape index (κ3) is 25.2. The quantitative estimate of drug-likeness (QED) is 0.165. The lowest BCUT2D eigenvalue weighted by molar-refractivity contribution is 0.501. The van der Waals surface area contributed by atoms with Crippen LogP contribution in [0, 0.1) is 106 Å². The van der Waals surface area contributed by atoms with Crippen molar-refractivity contribution in [2.75, 3.05) is 0 Å². The van der Waals surface area contributed by atoms with Crippen LogP contribution in [-0.2, 0) is 21.7 Å². The first kappa shape index (κ1) is 85.6. The summed E-state index contributed by atoms with van der Waals surface area (Å²) in [6, 6.07) is 16.0. The molecule has 0 fully saturated rings. The maximum Gasteiger partial charge on any atom is -0.00669 e. The summed E-state index contributed by atoms with van der Waals surface area (Å²) in [4.78, 5) is 0. The van der Waals surface area contributed by atoms with Gasteiger partial charge in [-0.3, -0.25) is 0 Å². The van der Waals surface area contributed by atoms with Crippen molar-refractivity contribution in [3.63, 3.8) is 0 Å². The standard InChI is InChI=1S/2C14H22.5C13H20/c2*1-9-8-10(2)13(14(5,6)7)12(4)11(9)3;2*1-9-7-11(3)12(8-10(9)2)13(4,5)6;3*1-9-7-10(2)12(11(3)8-9)13(4,5)6/h8H,1-7H3;2,8H2,1,3-7H3;7-8H,1-6H3;8H,3,7H2,1-2,4-6H3;2*7-8H,1-6H3;8H,2,7H2,1,3-6H3. The Kier molecular flexibility index (Phi) is 30.3. The van der Waals surface area contributed by atoms with E-state index in [2.05, 4.69) is 358 Å². The lowest BCUT2D eigenvalue weighted by Gasteiger charge is -2.32. The zero-order chi connectivity index (χ0) is 73.3. The lowest BCUT2D eigenvalue weighted by atomic mass is 9.73. The smallest absolute Gasteiger partial charge is 0.00669 e. The van der Waals surface area contributed by atoms with Gasteiger partial charge in [-0.25, -0.2) is 0 Å². The first-order valence-corrected chi connectivity index (χ1v) is 35.1. The van der Waals surface area contributed by atoms with E-state index >= 15 is 0 Å². The predicted octanol–water partition coefficient (Wildman–Crippen LogP) is 29.1. The van der Waals surface area contributed by atoms with Gasteiger partial charge in [-0.15, -0.1) is 0 Å². The molecule has 0 N–H and O–H groups in total. The second kappa shape index (κ2) is 33.0. The molecule has 0 spiro atoms. The maximum absolute atomic E-state index is 4.21. The first-order valence-electron chi connectivity index (χ1n) is 35.1. The van der Waals surface area contributed by atoms with Crippen LogP contribution in [0.4, 0.5) is 0 Å².